The molecule has 1 fully saturated rings. The highest BCUT2D eigenvalue weighted by Crippen LogP contribution is 2.38. The van der Waals surface area contributed by atoms with Gasteiger partial charge >= 0.3 is 7.82 Å². The van der Waals surface area contributed by atoms with E-state index in [-0.39, 0.29) is 29.1 Å². The topological polar surface area (TPSA) is 221 Å². The first-order valence-electron chi connectivity index (χ1n) is 9.63. The second-order valence-electron chi connectivity index (χ2n) is 7.60. The molecule has 2 aromatic heterocycles. The summed E-state index contributed by atoms with van der Waals surface area (Å²) < 4.78 is 21.9. The minimum Gasteiger partial charge on any atom is -0.387 e. The summed E-state index contributed by atoms with van der Waals surface area (Å²) in [6, 6.07) is -0.823. The summed E-state index contributed by atoms with van der Waals surface area (Å²) in [5.74, 6) is -0.355. The number of nitrogens with zero attached hydrogens (tertiary/aromatic N) is 3. The molecule has 1 saturated heterocycles. The Labute approximate surface area is 181 Å². The first kappa shape index (κ1) is 24.3. The highest BCUT2D eigenvalue weighted by Gasteiger charge is 2.45. The summed E-state index contributed by atoms with van der Waals surface area (Å²) in [7, 11) is -4.82. The Morgan fingerprint density at radius 3 is 2.66 bits per heavy atom. The van der Waals surface area contributed by atoms with Crippen molar-refractivity contribution in [1.82, 2.24) is 24.8 Å². The van der Waals surface area contributed by atoms with E-state index in [9.17, 15) is 24.4 Å². The van der Waals surface area contributed by atoms with Gasteiger partial charge in [-0.2, -0.15) is 4.98 Å². The minimum atomic E-state index is -4.82. The van der Waals surface area contributed by atoms with E-state index in [4.69, 9.17) is 14.5 Å². The number of aliphatic hydroxyl groups is 2. The highest BCUT2D eigenvalue weighted by atomic mass is 31.2. The van der Waals surface area contributed by atoms with Gasteiger partial charge in [0.05, 0.1) is 12.9 Å². The van der Waals surface area contributed by atoms with Gasteiger partial charge in [-0.05, 0) is 20.8 Å². The Morgan fingerprint density at radius 1 is 1.34 bits per heavy atom. The van der Waals surface area contributed by atoms with Crippen LogP contribution in [0.3, 0.4) is 0 Å². The number of ether oxygens (including phenoxy) is 1. The van der Waals surface area contributed by atoms with Crippen molar-refractivity contribution >= 4 is 30.8 Å². The molecular weight excluding hydrogens is 451 g/mol. The lowest BCUT2D eigenvalue weighted by molar-refractivity contribution is -0.122. The van der Waals surface area contributed by atoms with Crippen LogP contribution >= 0.6 is 7.82 Å². The molecule has 7 N–H and O–H groups in total. The number of amides is 1. The quantitative estimate of drug-likeness (QED) is 0.209. The van der Waals surface area contributed by atoms with Crippen molar-refractivity contribution in [1.29, 1.82) is 0 Å². The molecule has 0 spiro atoms. The van der Waals surface area contributed by atoms with Crippen LogP contribution in [0, 0.1) is 0 Å². The second-order valence-corrected chi connectivity index (χ2v) is 8.84. The van der Waals surface area contributed by atoms with Gasteiger partial charge in [0.2, 0.25) is 11.9 Å². The van der Waals surface area contributed by atoms with Crippen molar-refractivity contribution in [3.8, 4) is 0 Å². The van der Waals surface area contributed by atoms with Crippen LogP contribution in [-0.2, 0) is 18.6 Å². The molecule has 0 unspecified atom stereocenters. The molecule has 15 nitrogen and oxygen atoms in total. The van der Waals surface area contributed by atoms with Gasteiger partial charge in [0, 0.05) is 6.04 Å². The van der Waals surface area contributed by atoms with Crippen molar-refractivity contribution in [3.63, 3.8) is 0 Å². The molecule has 5 atom stereocenters. The van der Waals surface area contributed by atoms with Gasteiger partial charge in [0.15, 0.2) is 17.4 Å². The normalized spacial score (nSPS) is 24.8. The monoisotopic (exact) mass is 476 g/mol. The molecular formula is C16H25N6O9P. The maximum Gasteiger partial charge on any atom is 0.469 e. The number of hydrogen-bond acceptors (Lipinski definition) is 10. The number of nitrogens with one attached hydrogen (secondary N) is 3. The van der Waals surface area contributed by atoms with Crippen molar-refractivity contribution in [2.24, 2.45) is 0 Å². The maximum absolute atomic E-state index is 12.4. The molecule has 0 aromatic carbocycles. The summed E-state index contributed by atoms with van der Waals surface area (Å²) in [6.07, 6.45) is -4.45. The van der Waals surface area contributed by atoms with Crippen molar-refractivity contribution in [2.75, 3.05) is 11.9 Å². The van der Waals surface area contributed by atoms with Crippen LogP contribution in [0.25, 0.3) is 11.2 Å². The van der Waals surface area contributed by atoms with Gasteiger partial charge in [-0.15, -0.1) is 0 Å². The van der Waals surface area contributed by atoms with E-state index in [0.717, 1.165) is 0 Å². The smallest absolute Gasteiger partial charge is 0.387 e. The van der Waals surface area contributed by atoms with Gasteiger partial charge in [0.1, 0.15) is 24.4 Å². The van der Waals surface area contributed by atoms with Gasteiger partial charge in [0.25, 0.3) is 5.56 Å². The number of carbonyl (C=O) groups is 1. The van der Waals surface area contributed by atoms with Crippen LogP contribution in [0.5, 0.6) is 0 Å². The standard InChI is InChI=1S/C16H25N6O9P/c1-6(2)18-13(25)7(3)19-16-20-12-9(14(26)21-16)17-5-22(12)15-11(24)10(23)8(31-15)4-30-32(27,28)29/h5-8,10-11,15,23-24H,4H2,1-3H3,(H,18,25)(H2,27,28,29)(H2,19,20,21,26)/t7-,8-,10-,11-,15-/m1/s1. The van der Waals surface area contributed by atoms with Crippen LogP contribution in [0.2, 0.25) is 0 Å². The number of anilines is 1. The number of aromatic nitrogens is 4. The van der Waals surface area contributed by atoms with E-state index in [1.165, 1.54) is 10.9 Å². The fraction of sp³-hybridized carbons (Fsp3) is 0.625. The van der Waals surface area contributed by atoms with Crippen LogP contribution in [0.1, 0.15) is 27.0 Å². The number of phosphoric ester groups is 1. The van der Waals surface area contributed by atoms with E-state index in [1.807, 2.05) is 0 Å². The first-order chi connectivity index (χ1) is 14.9. The highest BCUT2D eigenvalue weighted by molar-refractivity contribution is 7.46. The summed E-state index contributed by atoms with van der Waals surface area (Å²) in [5, 5.41) is 26.0. The van der Waals surface area contributed by atoms with Crippen molar-refractivity contribution < 1.29 is 38.6 Å². The Hall–Kier alpha value is -2.39. The molecule has 2 aromatic rings. The van der Waals surface area contributed by atoms with E-state index in [2.05, 4.69) is 30.1 Å². The summed E-state index contributed by atoms with van der Waals surface area (Å²) in [6.45, 7) is 4.49. The number of hydrogen-bond donors (Lipinski definition) is 7. The second kappa shape index (κ2) is 9.23. The number of rotatable bonds is 8. The zero-order valence-corrected chi connectivity index (χ0v) is 18.3. The summed E-state index contributed by atoms with van der Waals surface area (Å²) in [4.78, 5) is 52.8. The third-order valence-corrected chi connectivity index (χ3v) is 5.11. The predicted molar refractivity (Wildman–Crippen MR) is 108 cm³/mol. The number of carbonyl (C=O) groups excluding carboxylic acids is 1. The largest absolute Gasteiger partial charge is 0.469 e. The molecule has 0 saturated carbocycles. The van der Waals surface area contributed by atoms with Gasteiger partial charge in [-0.25, -0.2) is 9.55 Å². The van der Waals surface area contributed by atoms with E-state index >= 15 is 0 Å². The van der Waals surface area contributed by atoms with Crippen molar-refractivity contribution in [2.45, 2.75) is 57.4 Å². The Morgan fingerprint density at radius 2 is 2.03 bits per heavy atom. The summed E-state index contributed by atoms with van der Waals surface area (Å²) in [5.41, 5.74) is -0.724. The lowest BCUT2D eigenvalue weighted by Gasteiger charge is -2.18. The zero-order chi connectivity index (χ0) is 23.8. The molecule has 1 aliphatic heterocycles. The number of H-pyrrole nitrogens is 1. The molecule has 0 bridgehead atoms. The third-order valence-electron chi connectivity index (χ3n) is 4.63. The predicted octanol–water partition coefficient (Wildman–Crippen LogP) is -1.83. The number of imidazole rings is 1. The Bertz CT molecular complexity index is 1080. The lowest BCUT2D eigenvalue weighted by Crippen LogP contribution is -2.41. The zero-order valence-electron chi connectivity index (χ0n) is 17.4. The van der Waals surface area contributed by atoms with Gasteiger partial charge in [-0.1, -0.05) is 0 Å². The molecule has 16 heteroatoms. The Kier molecular flexibility index (Phi) is 7.00. The Balaban J connectivity index is 1.86. The number of phosphoric acid groups is 1. The van der Waals surface area contributed by atoms with E-state index in [1.54, 1.807) is 20.8 Å². The fourth-order valence-corrected chi connectivity index (χ4v) is 3.47. The molecule has 0 aliphatic carbocycles. The van der Waals surface area contributed by atoms with Gasteiger partial charge in [-0.3, -0.25) is 23.7 Å². The molecule has 3 heterocycles. The first-order valence-corrected chi connectivity index (χ1v) is 11.2. The van der Waals surface area contributed by atoms with Crippen LogP contribution in [-0.4, -0.2) is 82.4 Å². The number of fused-ring (bicyclic) bond motifs is 1. The van der Waals surface area contributed by atoms with Gasteiger partial charge < -0.3 is 35.4 Å². The molecule has 178 valence electrons. The van der Waals surface area contributed by atoms with Crippen LogP contribution in [0.15, 0.2) is 11.1 Å². The third kappa shape index (κ3) is 5.32. The van der Waals surface area contributed by atoms with E-state index < -0.39 is 50.6 Å². The number of aromatic amines is 1. The fourth-order valence-electron chi connectivity index (χ4n) is 3.13. The molecule has 1 amide bonds. The molecule has 3 rings (SSSR count). The molecule has 0 radical (unpaired) electrons. The lowest BCUT2D eigenvalue weighted by atomic mass is 10.1. The van der Waals surface area contributed by atoms with Crippen LogP contribution < -0.4 is 16.2 Å². The summed E-state index contributed by atoms with van der Waals surface area (Å²) >= 11 is 0. The van der Waals surface area contributed by atoms with E-state index in [0.29, 0.717) is 0 Å². The average molecular weight is 476 g/mol. The minimum absolute atomic E-state index is 0.0134. The number of aliphatic hydroxyl groups excluding tert-OH is 2. The average Bonchev–Trinajstić information content (AvgIpc) is 3.21. The maximum atomic E-state index is 12.4. The molecule has 32 heavy (non-hydrogen) atoms. The van der Waals surface area contributed by atoms with Crippen molar-refractivity contribution in [3.05, 3.63) is 16.7 Å². The molecule has 1 aliphatic rings. The van der Waals surface area contributed by atoms with Crippen LogP contribution in [0.4, 0.5) is 5.95 Å². The SMILES string of the molecule is CC(C)NC(=O)[C@@H](C)Nc1nc2c(ncn2[C@@H]2O[C@H](COP(=O)(O)O)[C@@H](O)[C@H]2O)c(=O)[nH]1.